The molecule has 1 fully saturated rings. The number of hydrogen-bond acceptors (Lipinski definition) is 4. The molecule has 5 heteroatoms. The Bertz CT molecular complexity index is 515. The van der Waals surface area contributed by atoms with E-state index in [9.17, 15) is 4.79 Å². The molecular formula is C16H23N3O2. The SMILES string of the molecule is Cc1oncc1CN1CCN(C(=O)C2CC=CCC2)CC1. The van der Waals surface area contributed by atoms with Crippen molar-refractivity contribution in [3.8, 4) is 0 Å². The number of allylic oxidation sites excluding steroid dienone is 2. The lowest BCUT2D eigenvalue weighted by atomic mass is 9.93. The Balaban J connectivity index is 1.49. The first kappa shape index (κ1) is 14.3. The third-order valence-corrected chi connectivity index (χ3v) is 4.55. The van der Waals surface area contributed by atoms with Crippen molar-refractivity contribution in [1.82, 2.24) is 15.0 Å². The second kappa shape index (κ2) is 6.43. The predicted octanol–water partition coefficient (Wildman–Crippen LogP) is 1.98. The van der Waals surface area contributed by atoms with E-state index < -0.39 is 0 Å². The summed E-state index contributed by atoms with van der Waals surface area (Å²) in [6.45, 7) is 6.34. The van der Waals surface area contributed by atoms with Crippen molar-refractivity contribution in [3.63, 3.8) is 0 Å². The monoisotopic (exact) mass is 289 g/mol. The number of aromatic nitrogens is 1. The van der Waals surface area contributed by atoms with Gasteiger partial charge in [0, 0.05) is 44.2 Å². The molecule has 21 heavy (non-hydrogen) atoms. The summed E-state index contributed by atoms with van der Waals surface area (Å²) in [6, 6.07) is 0. The van der Waals surface area contributed by atoms with Crippen molar-refractivity contribution >= 4 is 5.91 Å². The number of carbonyl (C=O) groups is 1. The highest BCUT2D eigenvalue weighted by molar-refractivity contribution is 5.79. The second-order valence-electron chi connectivity index (χ2n) is 5.99. The number of piperazine rings is 1. The third-order valence-electron chi connectivity index (χ3n) is 4.55. The summed E-state index contributed by atoms with van der Waals surface area (Å²) in [5.41, 5.74) is 1.15. The maximum Gasteiger partial charge on any atom is 0.226 e. The molecule has 0 N–H and O–H groups in total. The van der Waals surface area contributed by atoms with E-state index in [1.165, 1.54) is 0 Å². The van der Waals surface area contributed by atoms with Crippen LogP contribution in [0.25, 0.3) is 0 Å². The lowest BCUT2D eigenvalue weighted by Gasteiger charge is -2.36. The molecule has 114 valence electrons. The molecule has 1 aromatic rings. The molecule has 1 amide bonds. The van der Waals surface area contributed by atoms with Crippen LogP contribution >= 0.6 is 0 Å². The normalized spacial score (nSPS) is 23.5. The van der Waals surface area contributed by atoms with E-state index >= 15 is 0 Å². The molecule has 1 aliphatic carbocycles. The third kappa shape index (κ3) is 3.35. The van der Waals surface area contributed by atoms with E-state index in [0.717, 1.165) is 63.3 Å². The molecule has 1 aromatic heterocycles. The van der Waals surface area contributed by atoms with E-state index in [1.54, 1.807) is 6.20 Å². The molecule has 2 aliphatic rings. The summed E-state index contributed by atoms with van der Waals surface area (Å²) >= 11 is 0. The fourth-order valence-corrected chi connectivity index (χ4v) is 3.11. The zero-order valence-corrected chi connectivity index (χ0v) is 12.6. The molecule has 2 heterocycles. The summed E-state index contributed by atoms with van der Waals surface area (Å²) in [6.07, 6.45) is 9.10. The smallest absolute Gasteiger partial charge is 0.226 e. The van der Waals surface area contributed by atoms with Crippen LogP contribution in [0.15, 0.2) is 22.9 Å². The Labute approximate surface area is 125 Å². The highest BCUT2D eigenvalue weighted by Crippen LogP contribution is 2.21. The van der Waals surface area contributed by atoms with Gasteiger partial charge in [0.1, 0.15) is 5.76 Å². The van der Waals surface area contributed by atoms with Crippen molar-refractivity contribution < 1.29 is 9.32 Å². The Morgan fingerprint density at radius 2 is 2.14 bits per heavy atom. The van der Waals surface area contributed by atoms with Gasteiger partial charge in [0.15, 0.2) is 0 Å². The van der Waals surface area contributed by atoms with Gasteiger partial charge in [-0.25, -0.2) is 0 Å². The zero-order valence-electron chi connectivity index (χ0n) is 12.6. The zero-order chi connectivity index (χ0) is 14.7. The first-order chi connectivity index (χ1) is 10.2. The van der Waals surface area contributed by atoms with Crippen LogP contribution in [0.1, 0.15) is 30.6 Å². The van der Waals surface area contributed by atoms with Gasteiger partial charge >= 0.3 is 0 Å². The quantitative estimate of drug-likeness (QED) is 0.798. The van der Waals surface area contributed by atoms with Gasteiger partial charge in [-0.1, -0.05) is 17.3 Å². The summed E-state index contributed by atoms with van der Waals surface area (Å²) in [4.78, 5) is 16.9. The fourth-order valence-electron chi connectivity index (χ4n) is 3.11. The molecule has 0 radical (unpaired) electrons. The van der Waals surface area contributed by atoms with Crippen LogP contribution in [0.5, 0.6) is 0 Å². The average Bonchev–Trinajstić information content (AvgIpc) is 2.93. The topological polar surface area (TPSA) is 49.6 Å². The number of amides is 1. The summed E-state index contributed by atoms with van der Waals surface area (Å²) in [5.74, 6) is 1.45. The number of aryl methyl sites for hydroxylation is 1. The summed E-state index contributed by atoms with van der Waals surface area (Å²) in [7, 11) is 0. The van der Waals surface area contributed by atoms with Crippen molar-refractivity contribution in [3.05, 3.63) is 29.7 Å². The van der Waals surface area contributed by atoms with E-state index in [2.05, 4.69) is 22.2 Å². The van der Waals surface area contributed by atoms with Crippen LogP contribution in [-0.2, 0) is 11.3 Å². The molecular weight excluding hydrogens is 266 g/mol. The Morgan fingerprint density at radius 1 is 1.33 bits per heavy atom. The van der Waals surface area contributed by atoms with Gasteiger partial charge in [-0.3, -0.25) is 9.69 Å². The largest absolute Gasteiger partial charge is 0.361 e. The van der Waals surface area contributed by atoms with Gasteiger partial charge < -0.3 is 9.42 Å². The van der Waals surface area contributed by atoms with Crippen LogP contribution in [0.4, 0.5) is 0 Å². The van der Waals surface area contributed by atoms with Crippen LogP contribution in [0, 0.1) is 12.8 Å². The van der Waals surface area contributed by atoms with E-state index in [-0.39, 0.29) is 5.92 Å². The molecule has 0 aromatic carbocycles. The van der Waals surface area contributed by atoms with E-state index in [1.807, 2.05) is 11.8 Å². The molecule has 0 saturated carbocycles. The Hall–Kier alpha value is -1.62. The van der Waals surface area contributed by atoms with Gasteiger partial charge in [0.2, 0.25) is 5.91 Å². The molecule has 5 nitrogen and oxygen atoms in total. The molecule has 3 rings (SSSR count). The van der Waals surface area contributed by atoms with Gasteiger partial charge in [-0.2, -0.15) is 0 Å². The van der Waals surface area contributed by atoms with Gasteiger partial charge in [0.25, 0.3) is 0 Å². The lowest BCUT2D eigenvalue weighted by Crippen LogP contribution is -2.50. The van der Waals surface area contributed by atoms with Crippen LogP contribution in [-0.4, -0.2) is 47.0 Å². The van der Waals surface area contributed by atoms with Crippen LogP contribution in [0.2, 0.25) is 0 Å². The minimum absolute atomic E-state index is 0.210. The number of nitrogens with zero attached hydrogens (tertiary/aromatic N) is 3. The first-order valence-corrected chi connectivity index (χ1v) is 7.80. The number of rotatable bonds is 3. The second-order valence-corrected chi connectivity index (χ2v) is 5.99. The molecule has 1 atom stereocenters. The fraction of sp³-hybridized carbons (Fsp3) is 0.625. The molecule has 0 spiro atoms. The van der Waals surface area contributed by atoms with E-state index in [4.69, 9.17) is 4.52 Å². The summed E-state index contributed by atoms with van der Waals surface area (Å²) < 4.78 is 5.10. The maximum atomic E-state index is 12.5. The molecule has 0 bridgehead atoms. The molecule has 1 saturated heterocycles. The standard InChI is InChI=1S/C16H23N3O2/c1-13-15(11-17-21-13)12-18-7-9-19(10-8-18)16(20)14-5-3-2-4-6-14/h2-3,11,14H,4-10,12H2,1H3. The minimum atomic E-state index is 0.210. The van der Waals surface area contributed by atoms with Gasteiger partial charge in [-0.05, 0) is 26.2 Å². The van der Waals surface area contributed by atoms with Crippen molar-refractivity contribution in [2.24, 2.45) is 5.92 Å². The average molecular weight is 289 g/mol. The minimum Gasteiger partial charge on any atom is -0.361 e. The van der Waals surface area contributed by atoms with Gasteiger partial charge in [0.05, 0.1) is 6.20 Å². The number of carbonyl (C=O) groups excluding carboxylic acids is 1. The highest BCUT2D eigenvalue weighted by atomic mass is 16.5. The van der Waals surface area contributed by atoms with Gasteiger partial charge in [-0.15, -0.1) is 0 Å². The summed E-state index contributed by atoms with van der Waals surface area (Å²) in [5, 5.41) is 3.82. The van der Waals surface area contributed by atoms with Crippen LogP contribution in [0.3, 0.4) is 0 Å². The van der Waals surface area contributed by atoms with Crippen LogP contribution < -0.4 is 0 Å². The first-order valence-electron chi connectivity index (χ1n) is 7.80. The highest BCUT2D eigenvalue weighted by Gasteiger charge is 2.27. The molecule has 1 unspecified atom stereocenters. The lowest BCUT2D eigenvalue weighted by molar-refractivity contribution is -0.137. The Morgan fingerprint density at radius 3 is 2.76 bits per heavy atom. The van der Waals surface area contributed by atoms with E-state index in [0.29, 0.717) is 5.91 Å². The van der Waals surface area contributed by atoms with Crippen molar-refractivity contribution in [1.29, 1.82) is 0 Å². The van der Waals surface area contributed by atoms with Crippen molar-refractivity contribution in [2.75, 3.05) is 26.2 Å². The predicted molar refractivity (Wildman–Crippen MR) is 79.6 cm³/mol. The molecule has 1 aliphatic heterocycles. The Kier molecular flexibility index (Phi) is 4.39. The maximum absolute atomic E-state index is 12.5. The van der Waals surface area contributed by atoms with Crippen molar-refractivity contribution in [2.45, 2.75) is 32.7 Å². The number of hydrogen-bond donors (Lipinski definition) is 0.